The second-order valence-corrected chi connectivity index (χ2v) is 7.97. The van der Waals surface area contributed by atoms with Crippen molar-refractivity contribution in [1.82, 2.24) is 14.9 Å². The largest absolute Gasteiger partial charge is 0.481 e. The van der Waals surface area contributed by atoms with Crippen LogP contribution in [0, 0.1) is 13.8 Å². The van der Waals surface area contributed by atoms with E-state index in [0.717, 1.165) is 47.0 Å². The fraction of sp³-hybridized carbons (Fsp3) is 0.320. The van der Waals surface area contributed by atoms with E-state index in [1.165, 1.54) is 0 Å². The molecule has 31 heavy (non-hydrogen) atoms. The molecule has 0 bridgehead atoms. The molecule has 6 heteroatoms. The van der Waals surface area contributed by atoms with E-state index in [0.29, 0.717) is 13.1 Å². The van der Waals surface area contributed by atoms with E-state index < -0.39 is 6.10 Å². The fourth-order valence-electron chi connectivity index (χ4n) is 3.77. The Kier molecular flexibility index (Phi) is 6.16. The maximum absolute atomic E-state index is 12.9. The average Bonchev–Trinajstić information content (AvgIpc) is 2.81. The smallest absolute Gasteiger partial charge is 0.263 e. The van der Waals surface area contributed by atoms with Gasteiger partial charge in [-0.15, -0.1) is 0 Å². The lowest BCUT2D eigenvalue weighted by Crippen LogP contribution is -2.52. The number of nitrogens with zero attached hydrogens (tertiary/aromatic N) is 4. The molecule has 2 heterocycles. The van der Waals surface area contributed by atoms with Gasteiger partial charge in [0.15, 0.2) is 6.10 Å². The van der Waals surface area contributed by atoms with Crippen molar-refractivity contribution in [2.75, 3.05) is 31.1 Å². The highest BCUT2D eigenvalue weighted by Gasteiger charge is 2.27. The molecule has 3 aromatic rings. The maximum atomic E-state index is 12.9. The number of amides is 1. The van der Waals surface area contributed by atoms with Crippen LogP contribution < -0.4 is 9.64 Å². The molecule has 160 valence electrons. The van der Waals surface area contributed by atoms with Crippen LogP contribution in [0.1, 0.15) is 18.1 Å². The second kappa shape index (κ2) is 9.16. The predicted octanol–water partition coefficient (Wildman–Crippen LogP) is 3.88. The van der Waals surface area contributed by atoms with Gasteiger partial charge in [-0.1, -0.05) is 42.5 Å². The van der Waals surface area contributed by atoms with Crippen LogP contribution >= 0.6 is 0 Å². The first-order valence-electron chi connectivity index (χ1n) is 10.7. The zero-order valence-electron chi connectivity index (χ0n) is 18.3. The molecule has 1 fully saturated rings. The maximum Gasteiger partial charge on any atom is 0.263 e. The summed E-state index contributed by atoms with van der Waals surface area (Å²) >= 11 is 0. The van der Waals surface area contributed by atoms with E-state index in [-0.39, 0.29) is 5.91 Å². The molecule has 0 aliphatic carbocycles. The van der Waals surface area contributed by atoms with Crippen LogP contribution in [-0.4, -0.2) is 53.1 Å². The number of carbonyl (C=O) groups excluding carboxylic acids is 1. The van der Waals surface area contributed by atoms with Crippen molar-refractivity contribution in [2.45, 2.75) is 26.9 Å². The number of aryl methyl sites for hydroxylation is 2. The van der Waals surface area contributed by atoms with Gasteiger partial charge in [0.05, 0.1) is 5.69 Å². The number of hydrogen-bond acceptors (Lipinski definition) is 5. The van der Waals surface area contributed by atoms with Crippen LogP contribution in [0.2, 0.25) is 0 Å². The van der Waals surface area contributed by atoms with Crippen LogP contribution in [0.4, 0.5) is 5.82 Å². The van der Waals surface area contributed by atoms with Gasteiger partial charge in [-0.3, -0.25) is 4.79 Å². The van der Waals surface area contributed by atoms with Gasteiger partial charge >= 0.3 is 0 Å². The molecule has 1 amide bonds. The Labute approximate surface area is 183 Å². The zero-order chi connectivity index (χ0) is 21.8. The molecular formula is C25H28N4O2. The number of piperazine rings is 1. The molecule has 1 unspecified atom stereocenters. The Hall–Kier alpha value is -3.41. The third-order valence-corrected chi connectivity index (χ3v) is 5.63. The number of rotatable bonds is 5. The lowest BCUT2D eigenvalue weighted by Gasteiger charge is -2.36. The molecule has 0 N–H and O–H groups in total. The molecule has 0 saturated carbocycles. The standard InChI is InChI=1S/C25H28N4O2/c1-18-9-10-19(2)23(15-18)31-20(3)25(30)29-13-11-28(12-14-29)24-16-22(26-17-27-24)21-7-5-4-6-8-21/h4-10,15-17,20H,11-14H2,1-3H3. The van der Waals surface area contributed by atoms with Crippen molar-refractivity contribution in [3.63, 3.8) is 0 Å². The Morgan fingerprint density at radius 2 is 1.71 bits per heavy atom. The first-order valence-corrected chi connectivity index (χ1v) is 10.7. The van der Waals surface area contributed by atoms with Gasteiger partial charge in [-0.05, 0) is 38.0 Å². The first-order chi connectivity index (χ1) is 15.0. The van der Waals surface area contributed by atoms with E-state index in [2.05, 4.69) is 14.9 Å². The number of ether oxygens (including phenoxy) is 1. The first kappa shape index (κ1) is 20.8. The van der Waals surface area contributed by atoms with E-state index in [4.69, 9.17) is 4.74 Å². The van der Waals surface area contributed by atoms with E-state index >= 15 is 0 Å². The minimum atomic E-state index is -0.518. The van der Waals surface area contributed by atoms with Gasteiger partial charge in [0.2, 0.25) is 0 Å². The van der Waals surface area contributed by atoms with Gasteiger partial charge < -0.3 is 14.5 Å². The zero-order valence-corrected chi connectivity index (χ0v) is 18.3. The van der Waals surface area contributed by atoms with Crippen molar-refractivity contribution < 1.29 is 9.53 Å². The summed E-state index contributed by atoms with van der Waals surface area (Å²) in [7, 11) is 0. The van der Waals surface area contributed by atoms with Crippen molar-refractivity contribution in [3.05, 3.63) is 72.1 Å². The highest BCUT2D eigenvalue weighted by atomic mass is 16.5. The van der Waals surface area contributed by atoms with E-state index in [1.807, 2.05) is 80.3 Å². The van der Waals surface area contributed by atoms with Crippen LogP contribution in [0.15, 0.2) is 60.9 Å². The summed E-state index contributed by atoms with van der Waals surface area (Å²) < 4.78 is 5.99. The lowest BCUT2D eigenvalue weighted by molar-refractivity contribution is -0.138. The van der Waals surface area contributed by atoms with Crippen LogP contribution in [-0.2, 0) is 4.79 Å². The topological polar surface area (TPSA) is 58.6 Å². The molecule has 1 atom stereocenters. The summed E-state index contributed by atoms with van der Waals surface area (Å²) in [6, 6.07) is 18.1. The summed E-state index contributed by atoms with van der Waals surface area (Å²) in [5.41, 5.74) is 4.12. The molecule has 2 aromatic carbocycles. The van der Waals surface area contributed by atoms with Crippen molar-refractivity contribution in [3.8, 4) is 17.0 Å². The minimum Gasteiger partial charge on any atom is -0.481 e. The third-order valence-electron chi connectivity index (χ3n) is 5.63. The van der Waals surface area contributed by atoms with Crippen molar-refractivity contribution in [2.24, 2.45) is 0 Å². The number of hydrogen-bond donors (Lipinski definition) is 0. The molecule has 1 aliphatic heterocycles. The molecule has 4 rings (SSSR count). The third kappa shape index (κ3) is 4.85. The normalized spacial score (nSPS) is 14.9. The van der Waals surface area contributed by atoms with Gasteiger partial charge in [-0.25, -0.2) is 9.97 Å². The Bertz CT molecular complexity index is 1050. The van der Waals surface area contributed by atoms with Gasteiger partial charge in [0.1, 0.15) is 17.9 Å². The number of aromatic nitrogens is 2. The van der Waals surface area contributed by atoms with Crippen molar-refractivity contribution >= 4 is 11.7 Å². The SMILES string of the molecule is Cc1ccc(C)c(OC(C)C(=O)N2CCN(c3cc(-c4ccccc4)ncn3)CC2)c1. The molecule has 0 radical (unpaired) electrons. The molecule has 1 aromatic heterocycles. The molecule has 0 spiro atoms. The van der Waals surface area contributed by atoms with Crippen LogP contribution in [0.5, 0.6) is 5.75 Å². The monoisotopic (exact) mass is 416 g/mol. The highest BCUT2D eigenvalue weighted by molar-refractivity contribution is 5.81. The Morgan fingerprint density at radius 3 is 2.45 bits per heavy atom. The van der Waals surface area contributed by atoms with Crippen LogP contribution in [0.25, 0.3) is 11.3 Å². The summed E-state index contributed by atoms with van der Waals surface area (Å²) in [5.74, 6) is 1.68. The Balaban J connectivity index is 1.37. The molecular weight excluding hydrogens is 388 g/mol. The fourth-order valence-corrected chi connectivity index (χ4v) is 3.77. The van der Waals surface area contributed by atoms with E-state index in [1.54, 1.807) is 6.33 Å². The number of anilines is 1. The van der Waals surface area contributed by atoms with Gasteiger partial charge in [0.25, 0.3) is 5.91 Å². The summed E-state index contributed by atoms with van der Waals surface area (Å²) in [5, 5.41) is 0. The van der Waals surface area contributed by atoms with Gasteiger partial charge in [-0.2, -0.15) is 0 Å². The summed E-state index contributed by atoms with van der Waals surface area (Å²) in [4.78, 5) is 25.9. The van der Waals surface area contributed by atoms with Crippen molar-refractivity contribution in [1.29, 1.82) is 0 Å². The number of benzene rings is 2. The molecule has 6 nitrogen and oxygen atoms in total. The van der Waals surface area contributed by atoms with Gasteiger partial charge in [0, 0.05) is 37.8 Å². The van der Waals surface area contributed by atoms with E-state index in [9.17, 15) is 4.79 Å². The number of carbonyl (C=O) groups is 1. The summed E-state index contributed by atoms with van der Waals surface area (Å²) in [6.07, 6.45) is 1.09. The average molecular weight is 417 g/mol. The lowest BCUT2D eigenvalue weighted by atomic mass is 10.1. The quantitative estimate of drug-likeness (QED) is 0.632. The molecule has 1 saturated heterocycles. The van der Waals surface area contributed by atoms with Crippen LogP contribution in [0.3, 0.4) is 0 Å². The Morgan fingerprint density at radius 1 is 0.968 bits per heavy atom. The summed E-state index contributed by atoms with van der Waals surface area (Å²) in [6.45, 7) is 8.59. The second-order valence-electron chi connectivity index (χ2n) is 7.97. The molecule has 1 aliphatic rings. The minimum absolute atomic E-state index is 0.0215. The predicted molar refractivity (Wildman–Crippen MR) is 122 cm³/mol. The highest BCUT2D eigenvalue weighted by Crippen LogP contribution is 2.23.